The maximum Gasteiger partial charge on any atom is 0.221 e. The molecular weight excluding hydrogens is 260 g/mol. The molecule has 20 heavy (non-hydrogen) atoms. The quantitative estimate of drug-likeness (QED) is 0.257. The zero-order chi connectivity index (χ0) is 14.5. The summed E-state index contributed by atoms with van der Waals surface area (Å²) in [7, 11) is 1.53. The van der Waals surface area contributed by atoms with Crippen LogP contribution in [0.25, 0.3) is 0 Å². The fourth-order valence-electron chi connectivity index (χ4n) is 2.13. The molecule has 1 amide bonds. The number of amidine groups is 1. The molecule has 1 atom stereocenters. The number of nitrogens with one attached hydrogen (secondary N) is 2. The number of benzene rings is 1. The number of amides is 1. The van der Waals surface area contributed by atoms with Crippen LogP contribution in [0.5, 0.6) is 5.75 Å². The molecular formula is C13H18N4O3. The molecule has 1 heterocycles. The number of oxime groups is 1. The molecule has 0 saturated carbocycles. The summed E-state index contributed by atoms with van der Waals surface area (Å²) in [6.07, 6.45) is 0.489. The van der Waals surface area contributed by atoms with Crippen molar-refractivity contribution in [1.29, 1.82) is 0 Å². The summed E-state index contributed by atoms with van der Waals surface area (Å²) in [5.74, 6) is 0.609. The summed E-state index contributed by atoms with van der Waals surface area (Å²) in [5.41, 5.74) is 7.12. The first-order chi connectivity index (χ1) is 9.63. The summed E-state index contributed by atoms with van der Waals surface area (Å²) in [4.78, 5) is 11.1. The topological polar surface area (TPSA) is 109 Å². The van der Waals surface area contributed by atoms with Crippen molar-refractivity contribution >= 4 is 11.7 Å². The molecule has 0 bridgehead atoms. The number of carbonyl (C=O) groups is 1. The number of hydrogen-bond donors (Lipinski definition) is 4. The molecule has 1 saturated heterocycles. The highest BCUT2D eigenvalue weighted by Crippen LogP contribution is 2.19. The van der Waals surface area contributed by atoms with Gasteiger partial charge in [-0.15, -0.1) is 0 Å². The van der Waals surface area contributed by atoms with Gasteiger partial charge in [0.05, 0.1) is 12.7 Å². The van der Waals surface area contributed by atoms with Crippen molar-refractivity contribution in [3.63, 3.8) is 0 Å². The summed E-state index contributed by atoms with van der Waals surface area (Å²) in [6, 6.07) is 5.59. The van der Waals surface area contributed by atoms with E-state index in [1.165, 1.54) is 7.11 Å². The van der Waals surface area contributed by atoms with E-state index in [0.29, 0.717) is 30.8 Å². The van der Waals surface area contributed by atoms with Crippen molar-refractivity contribution in [2.75, 3.05) is 13.7 Å². The van der Waals surface area contributed by atoms with Crippen LogP contribution in [-0.4, -0.2) is 36.6 Å². The van der Waals surface area contributed by atoms with Gasteiger partial charge in [0.25, 0.3) is 0 Å². The lowest BCUT2D eigenvalue weighted by atomic mass is 10.1. The van der Waals surface area contributed by atoms with Gasteiger partial charge in [0, 0.05) is 25.6 Å². The van der Waals surface area contributed by atoms with Gasteiger partial charge in [-0.3, -0.25) is 4.79 Å². The summed E-state index contributed by atoms with van der Waals surface area (Å²) in [5, 5.41) is 17.8. The molecule has 108 valence electrons. The van der Waals surface area contributed by atoms with Crippen molar-refractivity contribution in [2.45, 2.75) is 19.0 Å². The van der Waals surface area contributed by atoms with E-state index in [0.717, 1.165) is 5.56 Å². The maximum atomic E-state index is 11.1. The average molecular weight is 278 g/mol. The lowest BCUT2D eigenvalue weighted by molar-refractivity contribution is -0.119. The van der Waals surface area contributed by atoms with E-state index in [2.05, 4.69) is 15.8 Å². The van der Waals surface area contributed by atoms with E-state index < -0.39 is 0 Å². The van der Waals surface area contributed by atoms with Crippen molar-refractivity contribution in [1.82, 2.24) is 10.6 Å². The Morgan fingerprint density at radius 2 is 2.45 bits per heavy atom. The molecule has 1 unspecified atom stereocenters. The third-order valence-electron chi connectivity index (χ3n) is 3.22. The zero-order valence-electron chi connectivity index (χ0n) is 11.2. The van der Waals surface area contributed by atoms with Crippen LogP contribution in [0.15, 0.2) is 23.4 Å². The molecule has 1 aromatic carbocycles. The van der Waals surface area contributed by atoms with Crippen molar-refractivity contribution in [2.24, 2.45) is 10.9 Å². The SMILES string of the molecule is COc1ccc(CNC2CNC(=O)C2)cc1/C(N)=N/O. The Hall–Kier alpha value is -2.28. The van der Waals surface area contributed by atoms with Crippen molar-refractivity contribution in [3.05, 3.63) is 29.3 Å². The summed E-state index contributed by atoms with van der Waals surface area (Å²) >= 11 is 0. The third-order valence-corrected chi connectivity index (χ3v) is 3.22. The minimum Gasteiger partial charge on any atom is -0.496 e. The molecule has 2 rings (SSSR count). The van der Waals surface area contributed by atoms with E-state index in [4.69, 9.17) is 15.7 Å². The highest BCUT2D eigenvalue weighted by molar-refractivity contribution is 5.99. The van der Waals surface area contributed by atoms with Gasteiger partial charge in [0.1, 0.15) is 5.75 Å². The van der Waals surface area contributed by atoms with Crippen LogP contribution in [0.3, 0.4) is 0 Å². The van der Waals surface area contributed by atoms with E-state index in [-0.39, 0.29) is 17.8 Å². The van der Waals surface area contributed by atoms with E-state index >= 15 is 0 Å². The summed E-state index contributed by atoms with van der Waals surface area (Å²) < 4.78 is 5.17. The second kappa shape index (κ2) is 6.25. The monoisotopic (exact) mass is 278 g/mol. The standard InChI is InChI=1S/C13H18N4O3/c1-20-11-3-2-8(4-10(11)13(14)17-19)6-15-9-5-12(18)16-7-9/h2-4,9,15,19H,5-7H2,1H3,(H2,14,17)(H,16,18). The zero-order valence-corrected chi connectivity index (χ0v) is 11.2. The van der Waals surface area contributed by atoms with Gasteiger partial charge in [0.2, 0.25) is 5.91 Å². The predicted molar refractivity (Wildman–Crippen MR) is 73.8 cm³/mol. The lowest BCUT2D eigenvalue weighted by Gasteiger charge is -2.13. The Bertz CT molecular complexity index is 530. The van der Waals surface area contributed by atoms with Crippen LogP contribution in [0.4, 0.5) is 0 Å². The first-order valence-electron chi connectivity index (χ1n) is 6.29. The van der Waals surface area contributed by atoms with Crippen LogP contribution >= 0.6 is 0 Å². The van der Waals surface area contributed by atoms with Gasteiger partial charge in [-0.25, -0.2) is 0 Å². The number of carbonyl (C=O) groups excluding carboxylic acids is 1. The molecule has 1 aliphatic rings. The van der Waals surface area contributed by atoms with Gasteiger partial charge in [-0.2, -0.15) is 0 Å². The first kappa shape index (κ1) is 14.1. The minimum absolute atomic E-state index is 0.00131. The van der Waals surface area contributed by atoms with E-state index in [1.807, 2.05) is 6.07 Å². The van der Waals surface area contributed by atoms with Crippen LogP contribution in [0.1, 0.15) is 17.5 Å². The molecule has 7 nitrogen and oxygen atoms in total. The van der Waals surface area contributed by atoms with Crippen LogP contribution in [0, 0.1) is 0 Å². The number of methoxy groups -OCH3 is 1. The third kappa shape index (κ3) is 3.18. The molecule has 7 heteroatoms. The molecule has 5 N–H and O–H groups in total. The molecule has 1 fully saturated rings. The molecule has 1 aromatic rings. The molecule has 0 spiro atoms. The second-order valence-electron chi connectivity index (χ2n) is 4.61. The Kier molecular flexibility index (Phi) is 4.41. The van der Waals surface area contributed by atoms with Gasteiger partial charge in [-0.05, 0) is 17.7 Å². The number of ether oxygens (including phenoxy) is 1. The van der Waals surface area contributed by atoms with Gasteiger partial charge >= 0.3 is 0 Å². The van der Waals surface area contributed by atoms with Crippen molar-refractivity contribution in [3.8, 4) is 5.75 Å². The number of rotatable bonds is 5. The number of nitrogens with two attached hydrogens (primary N) is 1. The predicted octanol–water partition coefficient (Wildman–Crippen LogP) is -0.232. The number of nitrogens with zero attached hydrogens (tertiary/aromatic N) is 1. The Morgan fingerprint density at radius 1 is 1.65 bits per heavy atom. The normalized spacial score (nSPS) is 18.9. The Labute approximate surface area is 116 Å². The second-order valence-corrected chi connectivity index (χ2v) is 4.61. The number of hydrogen-bond acceptors (Lipinski definition) is 5. The van der Waals surface area contributed by atoms with E-state index in [1.54, 1.807) is 12.1 Å². The Morgan fingerprint density at radius 3 is 3.05 bits per heavy atom. The largest absolute Gasteiger partial charge is 0.496 e. The molecule has 0 aliphatic carbocycles. The van der Waals surface area contributed by atoms with Crippen LogP contribution in [0.2, 0.25) is 0 Å². The molecule has 0 radical (unpaired) electrons. The molecule has 0 aromatic heterocycles. The molecule has 1 aliphatic heterocycles. The first-order valence-corrected chi connectivity index (χ1v) is 6.29. The maximum absolute atomic E-state index is 11.1. The highest BCUT2D eigenvalue weighted by atomic mass is 16.5. The fourth-order valence-corrected chi connectivity index (χ4v) is 2.13. The van der Waals surface area contributed by atoms with Crippen molar-refractivity contribution < 1.29 is 14.7 Å². The van der Waals surface area contributed by atoms with Crippen LogP contribution in [-0.2, 0) is 11.3 Å². The minimum atomic E-state index is 0.00131. The highest BCUT2D eigenvalue weighted by Gasteiger charge is 2.20. The van der Waals surface area contributed by atoms with Gasteiger partial charge in [-0.1, -0.05) is 11.2 Å². The van der Waals surface area contributed by atoms with Gasteiger partial charge in [0.15, 0.2) is 5.84 Å². The summed E-state index contributed by atoms with van der Waals surface area (Å²) in [6.45, 7) is 1.23. The smallest absolute Gasteiger partial charge is 0.221 e. The Balaban J connectivity index is 2.07. The lowest BCUT2D eigenvalue weighted by Crippen LogP contribution is -2.30. The van der Waals surface area contributed by atoms with Gasteiger partial charge < -0.3 is 26.3 Å². The fraction of sp³-hybridized carbons (Fsp3) is 0.385. The average Bonchev–Trinajstić information content (AvgIpc) is 2.89. The van der Waals surface area contributed by atoms with E-state index in [9.17, 15) is 4.79 Å². The van der Waals surface area contributed by atoms with Crippen LogP contribution < -0.4 is 21.1 Å².